The summed E-state index contributed by atoms with van der Waals surface area (Å²) in [6.45, 7) is 10.8. The van der Waals surface area contributed by atoms with Crippen molar-refractivity contribution in [1.29, 1.82) is 0 Å². The van der Waals surface area contributed by atoms with Gasteiger partial charge in [-0.3, -0.25) is 0 Å². The molecule has 0 saturated carbocycles. The minimum atomic E-state index is 0.304. The second-order valence-electron chi connectivity index (χ2n) is 4.93. The fourth-order valence-electron chi connectivity index (χ4n) is 1.29. The highest BCUT2D eigenvalue weighted by Gasteiger charge is 2.14. The highest BCUT2D eigenvalue weighted by Crippen LogP contribution is 2.22. The Kier molecular flexibility index (Phi) is 4.67. The lowest BCUT2D eigenvalue weighted by Gasteiger charge is -2.14. The summed E-state index contributed by atoms with van der Waals surface area (Å²) in [5, 5.41) is 14.0. The van der Waals surface area contributed by atoms with Gasteiger partial charge in [-0.15, -0.1) is 21.5 Å². The Morgan fingerprint density at radius 3 is 2.47 bits per heavy atom. The summed E-state index contributed by atoms with van der Waals surface area (Å²) < 4.78 is 0. The maximum absolute atomic E-state index is 4.22. The van der Waals surface area contributed by atoms with Crippen LogP contribution in [0.4, 0.5) is 0 Å². The Balaban J connectivity index is 2.42. The molecule has 1 aromatic rings. The number of hydrogen-bond acceptors (Lipinski definition) is 4. The predicted molar refractivity (Wildman–Crippen MR) is 65.3 cm³/mol. The smallest absolute Gasteiger partial charge is 0.118 e. The fraction of sp³-hybridized carbons (Fsp3) is 0.818. The zero-order valence-corrected chi connectivity index (χ0v) is 10.9. The van der Waals surface area contributed by atoms with E-state index < -0.39 is 0 Å². The van der Waals surface area contributed by atoms with Crippen molar-refractivity contribution in [2.45, 2.75) is 40.5 Å². The molecule has 0 aliphatic heterocycles. The molecule has 4 heteroatoms. The van der Waals surface area contributed by atoms with Crippen molar-refractivity contribution >= 4 is 11.3 Å². The lowest BCUT2D eigenvalue weighted by Crippen LogP contribution is -2.15. The van der Waals surface area contributed by atoms with Crippen LogP contribution in [0.15, 0.2) is 0 Å². The van der Waals surface area contributed by atoms with Gasteiger partial charge in [0.2, 0.25) is 0 Å². The van der Waals surface area contributed by atoms with Crippen LogP contribution < -0.4 is 5.32 Å². The van der Waals surface area contributed by atoms with E-state index in [2.05, 4.69) is 43.2 Å². The SMILES string of the molecule is CCNCCc1nnc(CC(C)(C)C)s1. The van der Waals surface area contributed by atoms with Crippen LogP contribution in [-0.2, 0) is 12.8 Å². The van der Waals surface area contributed by atoms with E-state index in [0.29, 0.717) is 5.41 Å². The Morgan fingerprint density at radius 1 is 1.20 bits per heavy atom. The van der Waals surface area contributed by atoms with E-state index >= 15 is 0 Å². The Bertz CT molecular complexity index is 288. The molecule has 0 bridgehead atoms. The van der Waals surface area contributed by atoms with E-state index in [9.17, 15) is 0 Å². The van der Waals surface area contributed by atoms with Gasteiger partial charge < -0.3 is 5.32 Å². The molecule has 0 amide bonds. The zero-order chi connectivity index (χ0) is 11.3. The molecule has 0 spiro atoms. The Hall–Kier alpha value is -0.480. The molecule has 86 valence electrons. The largest absolute Gasteiger partial charge is 0.317 e. The fourth-order valence-corrected chi connectivity index (χ4v) is 2.43. The predicted octanol–water partition coefficient (Wildman–Crippen LogP) is 2.28. The number of likely N-dealkylation sites (N-methyl/N-ethyl adjacent to an activating group) is 1. The van der Waals surface area contributed by atoms with Crippen molar-refractivity contribution in [2.75, 3.05) is 13.1 Å². The van der Waals surface area contributed by atoms with Gasteiger partial charge in [-0.25, -0.2) is 0 Å². The van der Waals surface area contributed by atoms with Gasteiger partial charge in [-0.05, 0) is 12.0 Å². The molecule has 0 aliphatic carbocycles. The van der Waals surface area contributed by atoms with Gasteiger partial charge in [-0.2, -0.15) is 0 Å². The van der Waals surface area contributed by atoms with Gasteiger partial charge in [0.05, 0.1) is 0 Å². The third-order valence-corrected chi connectivity index (χ3v) is 2.94. The summed E-state index contributed by atoms with van der Waals surface area (Å²) in [6.07, 6.45) is 2.02. The second kappa shape index (κ2) is 5.56. The van der Waals surface area contributed by atoms with Crippen molar-refractivity contribution in [3.05, 3.63) is 10.0 Å². The highest BCUT2D eigenvalue weighted by molar-refractivity contribution is 7.11. The standard InChI is InChI=1S/C11H21N3S/c1-5-12-7-6-9-13-14-10(15-9)8-11(2,3)4/h12H,5-8H2,1-4H3. The number of hydrogen-bond donors (Lipinski definition) is 1. The van der Waals surface area contributed by atoms with Crippen molar-refractivity contribution in [2.24, 2.45) is 5.41 Å². The highest BCUT2D eigenvalue weighted by atomic mass is 32.1. The van der Waals surface area contributed by atoms with Gasteiger partial charge in [0, 0.05) is 19.4 Å². The minimum Gasteiger partial charge on any atom is -0.317 e. The molecule has 1 N–H and O–H groups in total. The van der Waals surface area contributed by atoms with Crippen LogP contribution in [0.1, 0.15) is 37.7 Å². The summed E-state index contributed by atoms with van der Waals surface area (Å²) >= 11 is 1.75. The van der Waals surface area contributed by atoms with Crippen molar-refractivity contribution in [3.8, 4) is 0 Å². The van der Waals surface area contributed by atoms with E-state index in [4.69, 9.17) is 0 Å². The molecule has 15 heavy (non-hydrogen) atoms. The molecule has 1 aromatic heterocycles. The van der Waals surface area contributed by atoms with Crippen molar-refractivity contribution in [1.82, 2.24) is 15.5 Å². The molecule has 3 nitrogen and oxygen atoms in total. The molecular formula is C11H21N3S. The van der Waals surface area contributed by atoms with Crippen LogP contribution >= 0.6 is 11.3 Å². The lowest BCUT2D eigenvalue weighted by atomic mass is 9.93. The topological polar surface area (TPSA) is 37.8 Å². The average Bonchev–Trinajstić information content (AvgIpc) is 2.50. The third kappa shape index (κ3) is 5.23. The van der Waals surface area contributed by atoms with Gasteiger partial charge in [0.25, 0.3) is 0 Å². The first-order valence-electron chi connectivity index (χ1n) is 5.53. The molecule has 0 atom stereocenters. The quantitative estimate of drug-likeness (QED) is 0.784. The number of rotatable bonds is 5. The Labute approximate surface area is 96.3 Å². The number of aromatic nitrogens is 2. The molecule has 1 rings (SSSR count). The number of nitrogens with one attached hydrogen (secondary N) is 1. The van der Waals surface area contributed by atoms with Crippen LogP contribution in [0.5, 0.6) is 0 Å². The van der Waals surface area contributed by atoms with Crippen LogP contribution in [0.3, 0.4) is 0 Å². The third-order valence-electron chi connectivity index (χ3n) is 1.96. The maximum atomic E-state index is 4.22. The zero-order valence-electron chi connectivity index (χ0n) is 10.1. The minimum absolute atomic E-state index is 0.304. The molecule has 1 heterocycles. The second-order valence-corrected chi connectivity index (χ2v) is 6.08. The van der Waals surface area contributed by atoms with E-state index in [-0.39, 0.29) is 0 Å². The molecule has 0 unspecified atom stereocenters. The van der Waals surface area contributed by atoms with E-state index in [0.717, 1.165) is 35.9 Å². The van der Waals surface area contributed by atoms with Crippen LogP contribution in [0.2, 0.25) is 0 Å². The Morgan fingerprint density at radius 2 is 1.87 bits per heavy atom. The molecule has 0 radical (unpaired) electrons. The summed E-state index contributed by atoms with van der Waals surface area (Å²) in [7, 11) is 0. The van der Waals surface area contributed by atoms with Crippen molar-refractivity contribution in [3.63, 3.8) is 0 Å². The average molecular weight is 227 g/mol. The van der Waals surface area contributed by atoms with Crippen LogP contribution in [0.25, 0.3) is 0 Å². The van der Waals surface area contributed by atoms with Gasteiger partial charge in [0.1, 0.15) is 10.0 Å². The maximum Gasteiger partial charge on any atom is 0.118 e. The summed E-state index contributed by atoms with van der Waals surface area (Å²) in [4.78, 5) is 0. The monoisotopic (exact) mass is 227 g/mol. The number of nitrogens with zero attached hydrogens (tertiary/aromatic N) is 2. The first kappa shape index (κ1) is 12.6. The van der Waals surface area contributed by atoms with Gasteiger partial charge in [0.15, 0.2) is 0 Å². The molecule has 0 fully saturated rings. The van der Waals surface area contributed by atoms with E-state index in [1.54, 1.807) is 11.3 Å². The molecule has 0 saturated heterocycles. The van der Waals surface area contributed by atoms with Crippen molar-refractivity contribution < 1.29 is 0 Å². The summed E-state index contributed by atoms with van der Waals surface area (Å²) in [6, 6.07) is 0. The van der Waals surface area contributed by atoms with E-state index in [1.807, 2.05) is 0 Å². The summed E-state index contributed by atoms with van der Waals surface area (Å²) in [5.74, 6) is 0. The lowest BCUT2D eigenvalue weighted by molar-refractivity contribution is 0.409. The van der Waals surface area contributed by atoms with Gasteiger partial charge in [-0.1, -0.05) is 27.7 Å². The molecule has 0 aliphatic rings. The normalized spacial score (nSPS) is 12.0. The van der Waals surface area contributed by atoms with Gasteiger partial charge >= 0.3 is 0 Å². The van der Waals surface area contributed by atoms with Crippen LogP contribution in [0, 0.1) is 5.41 Å². The van der Waals surface area contributed by atoms with E-state index in [1.165, 1.54) is 0 Å². The van der Waals surface area contributed by atoms with Crippen LogP contribution in [-0.4, -0.2) is 23.3 Å². The molecule has 0 aromatic carbocycles. The first-order valence-corrected chi connectivity index (χ1v) is 6.35. The molecular weight excluding hydrogens is 206 g/mol. The first-order chi connectivity index (χ1) is 7.01. The summed E-state index contributed by atoms with van der Waals surface area (Å²) in [5.41, 5.74) is 0.304.